The molecule has 0 aliphatic carbocycles. The molecule has 0 unspecified atom stereocenters. The number of hydrogen-bond donors (Lipinski definition) is 0. The molecule has 0 heterocycles. The van der Waals surface area contributed by atoms with Crippen LogP contribution in [0.2, 0.25) is 0 Å². The lowest BCUT2D eigenvalue weighted by molar-refractivity contribution is 1.23. The summed E-state index contributed by atoms with van der Waals surface area (Å²) in [4.78, 5) is 0. The Morgan fingerprint density at radius 2 is 2.29 bits per heavy atom. The summed E-state index contributed by atoms with van der Waals surface area (Å²) in [6.07, 6.45) is 4.75. The topological polar surface area (TPSA) is 0 Å². The molecule has 0 spiro atoms. The predicted molar refractivity (Wildman–Crippen MR) is 33.9 cm³/mol. The van der Waals surface area contributed by atoms with Gasteiger partial charge in [0.25, 0.3) is 0 Å². The summed E-state index contributed by atoms with van der Waals surface area (Å²) in [5, 5.41) is 0. The Balaban J connectivity index is 3.17. The van der Waals surface area contributed by atoms with Crippen molar-refractivity contribution in [2.45, 2.75) is 13.3 Å². The summed E-state index contributed by atoms with van der Waals surface area (Å²) in [7, 11) is 0. The third-order valence-electron chi connectivity index (χ3n) is 0.815. The Kier molecular flexibility index (Phi) is 3.39. The van der Waals surface area contributed by atoms with Crippen LogP contribution in [-0.2, 0) is 0 Å². The van der Waals surface area contributed by atoms with Gasteiger partial charge in [-0.25, -0.2) is 0 Å². The fourth-order valence-corrected chi connectivity index (χ4v) is 0.303. The van der Waals surface area contributed by atoms with E-state index in [0.717, 1.165) is 12.0 Å². The van der Waals surface area contributed by atoms with E-state index < -0.39 is 0 Å². The van der Waals surface area contributed by atoms with Crippen molar-refractivity contribution >= 4 is 0 Å². The minimum absolute atomic E-state index is 0.913. The van der Waals surface area contributed by atoms with Crippen LogP contribution in [0.25, 0.3) is 0 Å². The molecule has 0 bridgehead atoms. The minimum Gasteiger partial charge on any atom is -0.103 e. The molecule has 0 aromatic carbocycles. The number of rotatable bonds is 3. The van der Waals surface area contributed by atoms with Crippen LogP contribution in [0.5, 0.6) is 0 Å². The molecule has 0 atom stereocenters. The van der Waals surface area contributed by atoms with Gasteiger partial charge in [0.15, 0.2) is 0 Å². The molecule has 0 aromatic heterocycles. The average molecular weight is 95.2 g/mol. The quantitative estimate of drug-likeness (QED) is 0.472. The van der Waals surface area contributed by atoms with Gasteiger partial charge in [-0.05, 0) is 12.8 Å². The van der Waals surface area contributed by atoms with Crippen molar-refractivity contribution in [1.82, 2.24) is 0 Å². The van der Waals surface area contributed by atoms with Crippen LogP contribution in [0.15, 0.2) is 24.8 Å². The van der Waals surface area contributed by atoms with Crippen LogP contribution in [0.4, 0.5) is 0 Å². The highest BCUT2D eigenvalue weighted by Crippen LogP contribution is 1.99. The van der Waals surface area contributed by atoms with Gasteiger partial charge in [-0.2, -0.15) is 0 Å². The maximum atomic E-state index is 3.74. The van der Waals surface area contributed by atoms with E-state index in [9.17, 15) is 0 Å². The fourth-order valence-electron chi connectivity index (χ4n) is 0.303. The first-order chi connectivity index (χ1) is 3.31. The molecular weight excluding hydrogens is 84.1 g/mol. The van der Waals surface area contributed by atoms with E-state index in [1.165, 1.54) is 0 Å². The Morgan fingerprint density at radius 3 is 2.43 bits per heavy atom. The van der Waals surface area contributed by atoms with E-state index in [2.05, 4.69) is 13.2 Å². The zero-order valence-electron chi connectivity index (χ0n) is 4.78. The van der Waals surface area contributed by atoms with Gasteiger partial charge in [0.1, 0.15) is 0 Å². The van der Waals surface area contributed by atoms with Crippen molar-refractivity contribution in [2.75, 3.05) is 0 Å². The van der Waals surface area contributed by atoms with E-state index >= 15 is 0 Å². The maximum absolute atomic E-state index is 3.74. The molecule has 0 fully saturated rings. The summed E-state index contributed by atoms with van der Waals surface area (Å²) < 4.78 is 0. The summed E-state index contributed by atoms with van der Waals surface area (Å²) in [6, 6.07) is 0. The second-order valence-electron chi connectivity index (χ2n) is 1.44. The van der Waals surface area contributed by atoms with Crippen LogP contribution < -0.4 is 0 Å². The maximum Gasteiger partial charge on any atom is -0.0141 e. The SMILES string of the molecule is C=CCC(=C)[CH]C. The van der Waals surface area contributed by atoms with Gasteiger partial charge in [0.2, 0.25) is 0 Å². The predicted octanol–water partition coefficient (Wildman–Crippen LogP) is 2.34. The molecule has 0 N–H and O–H groups in total. The third kappa shape index (κ3) is 3.31. The van der Waals surface area contributed by atoms with E-state index in [0.29, 0.717) is 0 Å². The highest BCUT2D eigenvalue weighted by molar-refractivity contribution is 5.09. The molecule has 0 aromatic rings. The van der Waals surface area contributed by atoms with Gasteiger partial charge in [-0.3, -0.25) is 0 Å². The molecule has 0 aliphatic rings. The van der Waals surface area contributed by atoms with Crippen molar-refractivity contribution in [3.05, 3.63) is 31.2 Å². The largest absolute Gasteiger partial charge is 0.103 e. The van der Waals surface area contributed by atoms with Crippen molar-refractivity contribution in [1.29, 1.82) is 0 Å². The lowest BCUT2D eigenvalue weighted by Gasteiger charge is -1.90. The van der Waals surface area contributed by atoms with Crippen LogP contribution in [-0.4, -0.2) is 0 Å². The molecule has 0 saturated heterocycles. The molecule has 1 radical (unpaired) electrons. The second kappa shape index (κ2) is 3.66. The molecule has 7 heavy (non-hydrogen) atoms. The smallest absolute Gasteiger partial charge is 0.0141 e. The molecule has 0 saturated carbocycles. The van der Waals surface area contributed by atoms with Crippen LogP contribution in [0.1, 0.15) is 13.3 Å². The highest BCUT2D eigenvalue weighted by atomic mass is 13.9. The van der Waals surface area contributed by atoms with Gasteiger partial charge in [-0.15, -0.1) is 6.58 Å². The zero-order valence-corrected chi connectivity index (χ0v) is 4.78. The lowest BCUT2D eigenvalue weighted by atomic mass is 10.2. The van der Waals surface area contributed by atoms with E-state index in [1.807, 2.05) is 19.4 Å². The molecule has 39 valence electrons. The monoisotopic (exact) mass is 95.1 g/mol. The summed E-state index contributed by atoms with van der Waals surface area (Å²) in [5.41, 5.74) is 1.13. The van der Waals surface area contributed by atoms with Gasteiger partial charge in [0.05, 0.1) is 0 Å². The highest BCUT2D eigenvalue weighted by Gasteiger charge is 1.81. The Bertz CT molecular complexity index is 70.1. The number of hydrogen-bond acceptors (Lipinski definition) is 0. The Morgan fingerprint density at radius 1 is 1.71 bits per heavy atom. The molecule has 0 rings (SSSR count). The first-order valence-corrected chi connectivity index (χ1v) is 2.39. The average Bonchev–Trinajstić information content (AvgIpc) is 1.68. The Labute approximate surface area is 45.5 Å². The lowest BCUT2D eigenvalue weighted by Crippen LogP contribution is -1.71. The van der Waals surface area contributed by atoms with Crippen LogP contribution >= 0.6 is 0 Å². The van der Waals surface area contributed by atoms with Crippen molar-refractivity contribution in [3.63, 3.8) is 0 Å². The summed E-state index contributed by atoms with van der Waals surface area (Å²) in [5.74, 6) is 0. The van der Waals surface area contributed by atoms with Crippen LogP contribution in [0.3, 0.4) is 0 Å². The zero-order chi connectivity index (χ0) is 5.70. The fraction of sp³-hybridized carbons (Fsp3) is 0.286. The third-order valence-corrected chi connectivity index (χ3v) is 0.815. The minimum atomic E-state index is 0.913. The molecular formula is C7H11. The van der Waals surface area contributed by atoms with Gasteiger partial charge in [-0.1, -0.05) is 25.2 Å². The second-order valence-corrected chi connectivity index (χ2v) is 1.44. The Hall–Kier alpha value is -0.520. The van der Waals surface area contributed by atoms with Gasteiger partial charge >= 0.3 is 0 Å². The van der Waals surface area contributed by atoms with Crippen molar-refractivity contribution < 1.29 is 0 Å². The van der Waals surface area contributed by atoms with E-state index in [-0.39, 0.29) is 0 Å². The normalized spacial score (nSPS) is 8.14. The standard InChI is InChI=1S/C7H11/c1-4-6-7(3)5-2/h4-5H,1,3,6H2,2H3. The van der Waals surface area contributed by atoms with Gasteiger partial charge < -0.3 is 0 Å². The van der Waals surface area contributed by atoms with Gasteiger partial charge in [0, 0.05) is 0 Å². The summed E-state index contributed by atoms with van der Waals surface area (Å²) in [6.45, 7) is 9.28. The molecule has 0 nitrogen and oxygen atoms in total. The first kappa shape index (κ1) is 6.48. The first-order valence-electron chi connectivity index (χ1n) is 2.39. The van der Waals surface area contributed by atoms with E-state index in [4.69, 9.17) is 0 Å². The van der Waals surface area contributed by atoms with Crippen molar-refractivity contribution in [3.8, 4) is 0 Å². The van der Waals surface area contributed by atoms with E-state index in [1.54, 1.807) is 0 Å². The van der Waals surface area contributed by atoms with Crippen molar-refractivity contribution in [2.24, 2.45) is 0 Å². The summed E-state index contributed by atoms with van der Waals surface area (Å²) >= 11 is 0. The molecule has 0 amide bonds. The molecule has 0 heteroatoms. The number of allylic oxidation sites excluding steroid dienone is 2. The molecule has 0 aliphatic heterocycles. The van der Waals surface area contributed by atoms with Crippen LogP contribution in [0, 0.1) is 6.42 Å².